The maximum absolute atomic E-state index is 10.5. The number of likely N-dealkylation sites (tertiary alicyclic amines) is 1. The van der Waals surface area contributed by atoms with E-state index in [2.05, 4.69) is 120 Å². The van der Waals surface area contributed by atoms with E-state index in [1.165, 1.54) is 16.7 Å². The van der Waals surface area contributed by atoms with Gasteiger partial charge in [-0.05, 0) is 42.7 Å². The summed E-state index contributed by atoms with van der Waals surface area (Å²) in [6.45, 7) is 5.76. The summed E-state index contributed by atoms with van der Waals surface area (Å²) in [5.41, 5.74) is 5.62. The number of anilines is 1. The number of piperidine rings is 1. The van der Waals surface area contributed by atoms with Gasteiger partial charge in [-0.15, -0.1) is 0 Å². The lowest BCUT2D eigenvalue weighted by Gasteiger charge is -2.45. The lowest BCUT2D eigenvalue weighted by molar-refractivity contribution is -0.0174. The van der Waals surface area contributed by atoms with Crippen molar-refractivity contribution in [3.05, 3.63) is 138 Å². The normalized spacial score (nSPS) is 25.3. The molecule has 0 aliphatic carbocycles. The monoisotopic (exact) mass is 517 g/mol. The van der Waals surface area contributed by atoms with Crippen LogP contribution in [-0.2, 0) is 4.84 Å². The van der Waals surface area contributed by atoms with Crippen molar-refractivity contribution in [1.82, 2.24) is 4.90 Å². The zero-order valence-electron chi connectivity index (χ0n) is 22.5. The summed E-state index contributed by atoms with van der Waals surface area (Å²) in [7, 11) is 0. The van der Waals surface area contributed by atoms with Gasteiger partial charge in [0.1, 0.15) is 0 Å². The van der Waals surface area contributed by atoms with E-state index in [0.717, 1.165) is 17.8 Å². The zero-order chi connectivity index (χ0) is 26.8. The summed E-state index contributed by atoms with van der Waals surface area (Å²) in [5.74, 6) is -0.114. The van der Waals surface area contributed by atoms with Crippen molar-refractivity contribution in [3.63, 3.8) is 0 Å². The fourth-order valence-electron chi connectivity index (χ4n) is 6.37. The minimum absolute atomic E-state index is 0.114. The molecular formula is C34H35N3O2. The number of nitrogens with zero attached hydrogens (tertiary/aromatic N) is 3. The highest BCUT2D eigenvalue weighted by Crippen LogP contribution is 2.55. The Bertz CT molecular complexity index is 1410. The molecule has 0 unspecified atom stereocenters. The van der Waals surface area contributed by atoms with E-state index < -0.39 is 5.60 Å². The van der Waals surface area contributed by atoms with Gasteiger partial charge in [-0.25, -0.2) is 5.06 Å². The fraction of sp³-hybridized carbons (Fsp3) is 0.265. The molecule has 0 amide bonds. The summed E-state index contributed by atoms with van der Waals surface area (Å²) >= 11 is 0. The van der Waals surface area contributed by atoms with Gasteiger partial charge in [0.05, 0.1) is 17.4 Å². The molecule has 39 heavy (non-hydrogen) atoms. The van der Waals surface area contributed by atoms with Gasteiger partial charge in [-0.1, -0.05) is 114 Å². The van der Waals surface area contributed by atoms with Crippen LogP contribution in [0.5, 0.6) is 0 Å². The van der Waals surface area contributed by atoms with E-state index in [0.29, 0.717) is 18.7 Å². The molecule has 1 spiro atoms. The van der Waals surface area contributed by atoms with E-state index in [-0.39, 0.29) is 18.0 Å². The molecule has 6 rings (SSSR count). The number of hydroxylamine groups is 1. The van der Waals surface area contributed by atoms with Gasteiger partial charge in [0.2, 0.25) is 0 Å². The molecule has 0 saturated carbocycles. The van der Waals surface area contributed by atoms with Crippen LogP contribution in [-0.4, -0.2) is 34.5 Å². The SMILES string of the molecule is Cc1ccc([C@@H]2[C@H](c3ccccc3)N(c3ccccc3)O[C@]23CN([C@H](C)c2ccccc2)CC/C3=N\O)cc1. The molecule has 1 N–H and O–H groups in total. The number of benzene rings is 4. The van der Waals surface area contributed by atoms with Crippen molar-refractivity contribution < 1.29 is 10.0 Å². The lowest BCUT2D eigenvalue weighted by Crippen LogP contribution is -2.58. The molecule has 0 aromatic heterocycles. The minimum atomic E-state index is -0.859. The first-order valence-corrected chi connectivity index (χ1v) is 13.8. The van der Waals surface area contributed by atoms with Crippen LogP contribution in [0.2, 0.25) is 0 Å². The third-order valence-corrected chi connectivity index (χ3v) is 8.43. The summed E-state index contributed by atoms with van der Waals surface area (Å²) in [6, 6.07) is 40.3. The molecule has 2 aliphatic rings. The molecule has 2 heterocycles. The van der Waals surface area contributed by atoms with Crippen LogP contribution in [0.3, 0.4) is 0 Å². The van der Waals surface area contributed by atoms with Gasteiger partial charge >= 0.3 is 0 Å². The number of para-hydroxylation sites is 1. The zero-order valence-corrected chi connectivity index (χ0v) is 22.5. The predicted molar refractivity (Wildman–Crippen MR) is 156 cm³/mol. The van der Waals surface area contributed by atoms with Crippen molar-refractivity contribution in [1.29, 1.82) is 0 Å². The Balaban J connectivity index is 1.53. The quantitative estimate of drug-likeness (QED) is 0.223. The molecule has 5 nitrogen and oxygen atoms in total. The molecule has 2 fully saturated rings. The highest BCUT2D eigenvalue weighted by atomic mass is 16.7. The van der Waals surface area contributed by atoms with E-state index in [1.54, 1.807) is 0 Å². The van der Waals surface area contributed by atoms with Crippen molar-refractivity contribution >= 4 is 11.4 Å². The minimum Gasteiger partial charge on any atom is -0.411 e. The first-order valence-electron chi connectivity index (χ1n) is 13.8. The molecule has 5 heteroatoms. The Hall–Kier alpha value is -3.93. The van der Waals surface area contributed by atoms with Crippen LogP contribution >= 0.6 is 0 Å². The smallest absolute Gasteiger partial charge is 0.159 e. The first kappa shape index (κ1) is 25.4. The average molecular weight is 518 g/mol. The van der Waals surface area contributed by atoms with Crippen molar-refractivity contribution in [2.75, 3.05) is 18.2 Å². The van der Waals surface area contributed by atoms with E-state index >= 15 is 0 Å². The van der Waals surface area contributed by atoms with Gasteiger partial charge in [0.15, 0.2) is 5.60 Å². The number of hydrogen-bond donors (Lipinski definition) is 1. The van der Waals surface area contributed by atoms with E-state index in [4.69, 9.17) is 4.84 Å². The van der Waals surface area contributed by atoms with Gasteiger partial charge in [0, 0.05) is 31.5 Å². The van der Waals surface area contributed by atoms with E-state index in [1.807, 2.05) is 24.3 Å². The molecule has 0 radical (unpaired) electrons. The predicted octanol–water partition coefficient (Wildman–Crippen LogP) is 7.31. The number of oxime groups is 1. The second-order valence-corrected chi connectivity index (χ2v) is 10.7. The van der Waals surface area contributed by atoms with Gasteiger partial charge in [-0.2, -0.15) is 0 Å². The Morgan fingerprint density at radius 1 is 0.821 bits per heavy atom. The highest BCUT2D eigenvalue weighted by Gasteiger charge is 2.61. The average Bonchev–Trinajstić information content (AvgIpc) is 3.33. The third kappa shape index (κ3) is 4.62. The van der Waals surface area contributed by atoms with Gasteiger partial charge in [0.25, 0.3) is 0 Å². The molecule has 4 aromatic carbocycles. The largest absolute Gasteiger partial charge is 0.411 e. The third-order valence-electron chi connectivity index (χ3n) is 8.43. The fourth-order valence-corrected chi connectivity index (χ4v) is 6.37. The number of rotatable bonds is 5. The summed E-state index contributed by atoms with van der Waals surface area (Å²) in [4.78, 5) is 9.63. The lowest BCUT2D eigenvalue weighted by atomic mass is 9.71. The van der Waals surface area contributed by atoms with Crippen molar-refractivity contribution in [2.24, 2.45) is 5.16 Å². The molecule has 4 aromatic rings. The van der Waals surface area contributed by atoms with Crippen molar-refractivity contribution in [2.45, 2.75) is 43.9 Å². The Kier molecular flexibility index (Phi) is 6.94. The Morgan fingerprint density at radius 3 is 2.08 bits per heavy atom. The van der Waals surface area contributed by atoms with Crippen LogP contribution in [0.1, 0.15) is 53.6 Å². The topological polar surface area (TPSA) is 48.3 Å². The summed E-state index contributed by atoms with van der Waals surface area (Å²) in [5, 5.41) is 16.4. The van der Waals surface area contributed by atoms with Crippen LogP contribution < -0.4 is 5.06 Å². The second kappa shape index (κ2) is 10.7. The molecular weight excluding hydrogens is 482 g/mol. The molecule has 4 atom stereocenters. The van der Waals surface area contributed by atoms with Crippen LogP contribution in [0.15, 0.2) is 120 Å². The van der Waals surface area contributed by atoms with E-state index in [9.17, 15) is 5.21 Å². The van der Waals surface area contributed by atoms with Gasteiger partial charge < -0.3 is 5.21 Å². The summed E-state index contributed by atoms with van der Waals surface area (Å²) < 4.78 is 0. The number of hydrogen-bond acceptors (Lipinski definition) is 5. The highest BCUT2D eigenvalue weighted by molar-refractivity contribution is 5.95. The summed E-state index contributed by atoms with van der Waals surface area (Å²) in [6.07, 6.45) is 0.625. The molecule has 0 bridgehead atoms. The maximum Gasteiger partial charge on any atom is 0.159 e. The second-order valence-electron chi connectivity index (χ2n) is 10.7. The van der Waals surface area contributed by atoms with Crippen LogP contribution in [0.25, 0.3) is 0 Å². The maximum atomic E-state index is 10.5. The first-order chi connectivity index (χ1) is 19.1. The molecule has 2 saturated heterocycles. The Labute approximate surface area is 230 Å². The number of aryl methyl sites for hydroxylation is 1. The molecule has 2 aliphatic heterocycles. The standard InChI is InChI=1S/C34H35N3O2/c1-25-18-20-28(21-19-25)32-33(29-14-8-4-9-15-29)37(30-16-10-5-11-17-30)39-34(32)24-36(23-22-31(34)35-38)26(2)27-12-6-3-7-13-27/h3-21,26,32-33,38H,22-24H2,1-2H3/b35-31+/t26-,32-,33+,34+/m1/s1. The van der Waals surface area contributed by atoms with Gasteiger partial charge in [-0.3, -0.25) is 9.74 Å². The van der Waals surface area contributed by atoms with Crippen LogP contribution in [0, 0.1) is 6.92 Å². The Morgan fingerprint density at radius 2 is 1.44 bits per heavy atom. The molecule has 198 valence electrons. The van der Waals surface area contributed by atoms with Crippen molar-refractivity contribution in [3.8, 4) is 0 Å². The van der Waals surface area contributed by atoms with Crippen LogP contribution in [0.4, 0.5) is 5.69 Å².